The fourth-order valence-electron chi connectivity index (χ4n) is 4.07. The molecule has 122 valence electrons. The number of likely N-dealkylation sites (N-methyl/N-ethyl adjacent to an activating group) is 1. The molecule has 23 heavy (non-hydrogen) atoms. The van der Waals surface area contributed by atoms with E-state index >= 15 is 0 Å². The topological polar surface area (TPSA) is 22.3 Å². The highest BCUT2D eigenvalue weighted by Crippen LogP contribution is 2.32. The number of nitrogens with one attached hydrogen (secondary N) is 1. The number of H-pyrrole nitrogens is 1. The Kier molecular flexibility index (Phi) is 4.00. The van der Waals surface area contributed by atoms with Gasteiger partial charge in [0, 0.05) is 36.2 Å². The summed E-state index contributed by atoms with van der Waals surface area (Å²) in [5.74, 6) is 0. The average molecular weight is 309 g/mol. The van der Waals surface area contributed by atoms with Crippen molar-refractivity contribution >= 4 is 16.5 Å². The van der Waals surface area contributed by atoms with E-state index in [1.54, 1.807) is 5.57 Å². The number of aromatic nitrogens is 1. The minimum atomic E-state index is 0.689. The van der Waals surface area contributed by atoms with Crippen LogP contribution >= 0.6 is 0 Å². The molecule has 0 amide bonds. The van der Waals surface area contributed by atoms with E-state index in [4.69, 9.17) is 0 Å². The SMILES string of the molecule is CN(C)CCc1c[nH]c2ccc(C3=C[C@@H]4CCCN4CC3)cc12. The van der Waals surface area contributed by atoms with Gasteiger partial charge in [0.15, 0.2) is 0 Å². The van der Waals surface area contributed by atoms with Crippen LogP contribution in [-0.4, -0.2) is 54.6 Å². The highest BCUT2D eigenvalue weighted by atomic mass is 15.2. The Balaban J connectivity index is 1.64. The molecule has 3 nitrogen and oxygen atoms in total. The predicted molar refractivity (Wildman–Crippen MR) is 97.7 cm³/mol. The number of fused-ring (bicyclic) bond motifs is 2. The quantitative estimate of drug-likeness (QED) is 0.933. The summed E-state index contributed by atoms with van der Waals surface area (Å²) in [4.78, 5) is 8.32. The van der Waals surface area contributed by atoms with Crippen LogP contribution in [0.25, 0.3) is 16.5 Å². The van der Waals surface area contributed by atoms with Crippen molar-refractivity contribution in [2.75, 3.05) is 33.7 Å². The maximum Gasteiger partial charge on any atom is 0.0457 e. The highest BCUT2D eigenvalue weighted by molar-refractivity contribution is 5.87. The van der Waals surface area contributed by atoms with E-state index in [9.17, 15) is 0 Å². The van der Waals surface area contributed by atoms with Gasteiger partial charge in [0.25, 0.3) is 0 Å². The van der Waals surface area contributed by atoms with Gasteiger partial charge in [-0.1, -0.05) is 12.1 Å². The number of aromatic amines is 1. The van der Waals surface area contributed by atoms with Crippen molar-refractivity contribution in [1.82, 2.24) is 14.8 Å². The molecular weight excluding hydrogens is 282 g/mol. The summed E-state index contributed by atoms with van der Waals surface area (Å²) in [6.45, 7) is 3.62. The smallest absolute Gasteiger partial charge is 0.0457 e. The van der Waals surface area contributed by atoms with Gasteiger partial charge in [0.2, 0.25) is 0 Å². The Morgan fingerprint density at radius 1 is 1.26 bits per heavy atom. The van der Waals surface area contributed by atoms with Crippen molar-refractivity contribution in [3.8, 4) is 0 Å². The summed E-state index contributed by atoms with van der Waals surface area (Å²) in [7, 11) is 4.28. The largest absolute Gasteiger partial charge is 0.361 e. The number of hydrogen-bond donors (Lipinski definition) is 1. The molecule has 1 aromatic heterocycles. The molecule has 0 aliphatic carbocycles. The molecule has 0 radical (unpaired) electrons. The van der Waals surface area contributed by atoms with E-state index in [1.807, 2.05) is 0 Å². The van der Waals surface area contributed by atoms with E-state index in [2.05, 4.69) is 59.4 Å². The summed E-state index contributed by atoms with van der Waals surface area (Å²) < 4.78 is 0. The second kappa shape index (κ2) is 6.14. The van der Waals surface area contributed by atoms with Gasteiger partial charge in [-0.2, -0.15) is 0 Å². The summed E-state index contributed by atoms with van der Waals surface area (Å²) in [5, 5.41) is 1.40. The standard InChI is InChI=1S/C20H27N3/c1-22(2)10-7-17-14-21-20-6-5-15(13-19(17)20)16-8-11-23-9-3-4-18(23)12-16/h5-6,12-14,18,21H,3-4,7-11H2,1-2H3/t18-/m0/s1. The van der Waals surface area contributed by atoms with Gasteiger partial charge in [-0.25, -0.2) is 0 Å². The Bertz CT molecular complexity index is 726. The van der Waals surface area contributed by atoms with E-state index in [0.29, 0.717) is 6.04 Å². The van der Waals surface area contributed by atoms with Crippen LogP contribution in [0.3, 0.4) is 0 Å². The van der Waals surface area contributed by atoms with Crippen molar-refractivity contribution in [2.24, 2.45) is 0 Å². The van der Waals surface area contributed by atoms with Crippen LogP contribution in [-0.2, 0) is 6.42 Å². The van der Waals surface area contributed by atoms with E-state index < -0.39 is 0 Å². The molecule has 1 fully saturated rings. The number of nitrogens with zero attached hydrogens (tertiary/aromatic N) is 2. The Labute approximate surface area is 139 Å². The maximum absolute atomic E-state index is 3.43. The Morgan fingerprint density at radius 2 is 2.17 bits per heavy atom. The molecule has 2 aliphatic heterocycles. The number of hydrogen-bond acceptors (Lipinski definition) is 2. The fourth-order valence-corrected chi connectivity index (χ4v) is 4.07. The molecule has 0 bridgehead atoms. The van der Waals surface area contributed by atoms with Gasteiger partial charge in [-0.15, -0.1) is 0 Å². The first-order valence-electron chi connectivity index (χ1n) is 8.90. The van der Waals surface area contributed by atoms with Gasteiger partial charge in [-0.3, -0.25) is 4.90 Å². The van der Waals surface area contributed by atoms with E-state index in [-0.39, 0.29) is 0 Å². The zero-order chi connectivity index (χ0) is 15.8. The molecule has 2 aromatic rings. The van der Waals surface area contributed by atoms with Crippen LogP contribution in [0.5, 0.6) is 0 Å². The lowest BCUT2D eigenvalue weighted by Crippen LogP contribution is -2.32. The maximum atomic E-state index is 3.43. The molecule has 1 aromatic carbocycles. The van der Waals surface area contributed by atoms with Crippen LogP contribution in [0.2, 0.25) is 0 Å². The Morgan fingerprint density at radius 3 is 3.04 bits per heavy atom. The zero-order valence-electron chi connectivity index (χ0n) is 14.3. The Hall–Kier alpha value is -1.58. The summed E-state index contributed by atoms with van der Waals surface area (Å²) in [6.07, 6.45) is 9.71. The normalized spacial score (nSPS) is 21.9. The molecule has 1 saturated heterocycles. The number of rotatable bonds is 4. The molecule has 0 spiro atoms. The van der Waals surface area contributed by atoms with Gasteiger partial charge in [0.05, 0.1) is 0 Å². The van der Waals surface area contributed by atoms with Crippen molar-refractivity contribution in [2.45, 2.75) is 31.7 Å². The molecule has 4 rings (SSSR count). The minimum Gasteiger partial charge on any atom is -0.361 e. The lowest BCUT2D eigenvalue weighted by molar-refractivity contribution is 0.288. The molecular formula is C20H27N3. The van der Waals surface area contributed by atoms with Crippen molar-refractivity contribution in [3.63, 3.8) is 0 Å². The van der Waals surface area contributed by atoms with Crippen molar-refractivity contribution < 1.29 is 0 Å². The molecule has 3 heterocycles. The summed E-state index contributed by atoms with van der Waals surface area (Å²) in [5.41, 5.74) is 5.68. The third kappa shape index (κ3) is 2.96. The average Bonchev–Trinajstić information content (AvgIpc) is 3.18. The first kappa shape index (κ1) is 15.0. The molecule has 3 heteroatoms. The molecule has 0 saturated carbocycles. The monoisotopic (exact) mass is 309 g/mol. The third-order valence-electron chi connectivity index (χ3n) is 5.44. The van der Waals surface area contributed by atoms with Crippen LogP contribution in [0, 0.1) is 0 Å². The third-order valence-corrected chi connectivity index (χ3v) is 5.44. The summed E-state index contributed by atoms with van der Waals surface area (Å²) in [6, 6.07) is 7.65. The van der Waals surface area contributed by atoms with Gasteiger partial charge >= 0.3 is 0 Å². The zero-order valence-corrected chi connectivity index (χ0v) is 14.3. The molecule has 2 aliphatic rings. The van der Waals surface area contributed by atoms with Crippen LogP contribution < -0.4 is 0 Å². The first-order chi connectivity index (χ1) is 11.2. The number of benzene rings is 1. The van der Waals surface area contributed by atoms with Gasteiger partial charge in [-0.05, 0) is 75.2 Å². The second-order valence-electron chi connectivity index (χ2n) is 7.32. The second-order valence-corrected chi connectivity index (χ2v) is 7.32. The molecule has 0 unspecified atom stereocenters. The van der Waals surface area contributed by atoms with Crippen molar-refractivity contribution in [3.05, 3.63) is 41.6 Å². The van der Waals surface area contributed by atoms with Gasteiger partial charge < -0.3 is 9.88 Å². The van der Waals surface area contributed by atoms with Crippen molar-refractivity contribution in [1.29, 1.82) is 0 Å². The van der Waals surface area contributed by atoms with Crippen LogP contribution in [0.4, 0.5) is 0 Å². The lowest BCUT2D eigenvalue weighted by atomic mass is 9.94. The minimum absolute atomic E-state index is 0.689. The lowest BCUT2D eigenvalue weighted by Gasteiger charge is -2.28. The van der Waals surface area contributed by atoms with Crippen LogP contribution in [0.15, 0.2) is 30.5 Å². The van der Waals surface area contributed by atoms with Gasteiger partial charge in [0.1, 0.15) is 0 Å². The fraction of sp³-hybridized carbons (Fsp3) is 0.500. The highest BCUT2D eigenvalue weighted by Gasteiger charge is 2.26. The first-order valence-corrected chi connectivity index (χ1v) is 8.90. The molecule has 1 atom stereocenters. The predicted octanol–water partition coefficient (Wildman–Crippen LogP) is 3.52. The molecule has 1 N–H and O–H groups in total. The summed E-state index contributed by atoms with van der Waals surface area (Å²) >= 11 is 0. The van der Waals surface area contributed by atoms with Crippen LogP contribution in [0.1, 0.15) is 30.4 Å². The van der Waals surface area contributed by atoms with E-state index in [0.717, 1.165) is 13.0 Å². The van der Waals surface area contributed by atoms with E-state index in [1.165, 1.54) is 54.4 Å².